The SMILES string of the molecule is COc1cccc2c(=O)c(C(=O)N3CCC[C@@H](C(=O)N4CCOCC4)C3)c[nH]c12. The second-order valence-electron chi connectivity index (χ2n) is 7.44. The minimum Gasteiger partial charge on any atom is -0.495 e. The van der Waals surface area contributed by atoms with Crippen LogP contribution >= 0.6 is 0 Å². The van der Waals surface area contributed by atoms with Crippen molar-refractivity contribution in [3.63, 3.8) is 0 Å². The standard InChI is InChI=1S/C21H25N3O5/c1-28-17-6-2-5-15-18(17)22-12-16(19(15)25)21(27)24-7-3-4-14(13-24)20(26)23-8-10-29-11-9-23/h2,5-6,12,14H,3-4,7-11,13H2,1H3,(H,22,25)/t14-/m1/s1. The van der Waals surface area contributed by atoms with E-state index in [1.165, 1.54) is 13.3 Å². The van der Waals surface area contributed by atoms with Crippen molar-refractivity contribution in [1.29, 1.82) is 0 Å². The van der Waals surface area contributed by atoms with Gasteiger partial charge in [-0.2, -0.15) is 0 Å². The van der Waals surface area contributed by atoms with E-state index in [9.17, 15) is 14.4 Å². The molecule has 0 radical (unpaired) electrons. The Morgan fingerprint density at radius 1 is 1.17 bits per heavy atom. The molecule has 0 unspecified atom stereocenters. The Bertz CT molecular complexity index is 980. The summed E-state index contributed by atoms with van der Waals surface area (Å²) in [5, 5.41) is 0.410. The van der Waals surface area contributed by atoms with Crippen LogP contribution in [0, 0.1) is 5.92 Å². The zero-order valence-electron chi connectivity index (χ0n) is 16.5. The van der Waals surface area contributed by atoms with Crippen LogP contribution in [0.2, 0.25) is 0 Å². The average molecular weight is 399 g/mol. The Morgan fingerprint density at radius 2 is 1.97 bits per heavy atom. The summed E-state index contributed by atoms with van der Waals surface area (Å²) in [6, 6.07) is 5.16. The van der Waals surface area contributed by atoms with Gasteiger partial charge in [-0.25, -0.2) is 0 Å². The van der Waals surface area contributed by atoms with Crippen molar-refractivity contribution in [2.24, 2.45) is 5.92 Å². The predicted molar refractivity (Wildman–Crippen MR) is 107 cm³/mol. The summed E-state index contributed by atoms with van der Waals surface area (Å²) >= 11 is 0. The number of pyridine rings is 1. The molecule has 3 heterocycles. The largest absolute Gasteiger partial charge is 0.495 e. The normalized spacial score (nSPS) is 20.0. The highest BCUT2D eigenvalue weighted by Gasteiger charge is 2.33. The van der Waals surface area contributed by atoms with E-state index in [1.807, 2.05) is 4.90 Å². The molecule has 1 atom stereocenters. The fourth-order valence-corrected chi connectivity index (χ4v) is 4.13. The Hall–Kier alpha value is -2.87. The molecule has 2 saturated heterocycles. The van der Waals surface area contributed by atoms with Crippen molar-refractivity contribution in [2.75, 3.05) is 46.5 Å². The van der Waals surface area contributed by atoms with Crippen LogP contribution in [-0.2, 0) is 9.53 Å². The van der Waals surface area contributed by atoms with Gasteiger partial charge in [0.2, 0.25) is 11.3 Å². The van der Waals surface area contributed by atoms with Gasteiger partial charge >= 0.3 is 0 Å². The number of para-hydroxylation sites is 1. The molecule has 29 heavy (non-hydrogen) atoms. The van der Waals surface area contributed by atoms with Crippen molar-refractivity contribution in [1.82, 2.24) is 14.8 Å². The van der Waals surface area contributed by atoms with Gasteiger partial charge in [-0.15, -0.1) is 0 Å². The summed E-state index contributed by atoms with van der Waals surface area (Å²) in [5.74, 6) is 0.0524. The lowest BCUT2D eigenvalue weighted by atomic mass is 9.95. The van der Waals surface area contributed by atoms with Gasteiger partial charge in [0.25, 0.3) is 5.91 Å². The Labute approximate surface area is 168 Å². The Kier molecular flexibility index (Phi) is 5.53. The molecule has 8 heteroatoms. The molecule has 154 valence electrons. The number of hydrogen-bond donors (Lipinski definition) is 1. The maximum absolute atomic E-state index is 13.1. The lowest BCUT2D eigenvalue weighted by Gasteiger charge is -2.36. The summed E-state index contributed by atoms with van der Waals surface area (Å²) in [6.45, 7) is 3.17. The number of nitrogens with one attached hydrogen (secondary N) is 1. The number of likely N-dealkylation sites (tertiary alicyclic amines) is 1. The number of ether oxygens (including phenoxy) is 2. The van der Waals surface area contributed by atoms with Crippen molar-refractivity contribution in [3.05, 3.63) is 40.2 Å². The summed E-state index contributed by atoms with van der Waals surface area (Å²) in [5.41, 5.74) is 0.324. The van der Waals surface area contributed by atoms with Crippen LogP contribution in [0.5, 0.6) is 5.75 Å². The molecule has 0 spiro atoms. The summed E-state index contributed by atoms with van der Waals surface area (Å²) in [6.07, 6.45) is 2.94. The van der Waals surface area contributed by atoms with Crippen LogP contribution in [-0.4, -0.2) is 73.1 Å². The van der Waals surface area contributed by atoms with E-state index in [0.29, 0.717) is 56.0 Å². The molecule has 1 aromatic carbocycles. The van der Waals surface area contributed by atoms with Crippen LogP contribution in [0.3, 0.4) is 0 Å². The number of carbonyl (C=O) groups excluding carboxylic acids is 2. The van der Waals surface area contributed by atoms with Crippen molar-refractivity contribution < 1.29 is 19.1 Å². The van der Waals surface area contributed by atoms with Crippen molar-refractivity contribution in [3.8, 4) is 5.75 Å². The van der Waals surface area contributed by atoms with Crippen molar-refractivity contribution in [2.45, 2.75) is 12.8 Å². The van der Waals surface area contributed by atoms with E-state index in [4.69, 9.17) is 9.47 Å². The van der Waals surface area contributed by atoms with Gasteiger partial charge in [-0.3, -0.25) is 14.4 Å². The maximum Gasteiger partial charge on any atom is 0.259 e. The number of methoxy groups -OCH3 is 1. The third-order valence-electron chi connectivity index (χ3n) is 5.71. The highest BCUT2D eigenvalue weighted by molar-refractivity contribution is 5.98. The van der Waals surface area contributed by atoms with E-state index < -0.39 is 0 Å². The number of morpholine rings is 1. The number of rotatable bonds is 3. The minimum absolute atomic E-state index is 0.0722. The molecule has 0 aliphatic carbocycles. The number of H-pyrrole nitrogens is 1. The first-order chi connectivity index (χ1) is 14.1. The van der Waals surface area contributed by atoms with Crippen LogP contribution in [0.25, 0.3) is 10.9 Å². The molecule has 8 nitrogen and oxygen atoms in total. The summed E-state index contributed by atoms with van der Waals surface area (Å²) < 4.78 is 10.6. The Balaban J connectivity index is 1.55. The fraction of sp³-hybridized carbons (Fsp3) is 0.476. The maximum atomic E-state index is 13.1. The number of fused-ring (bicyclic) bond motifs is 1. The molecule has 2 aliphatic heterocycles. The average Bonchev–Trinajstić information content (AvgIpc) is 2.79. The molecule has 0 saturated carbocycles. The number of aromatic amines is 1. The highest BCUT2D eigenvalue weighted by Crippen LogP contribution is 2.23. The lowest BCUT2D eigenvalue weighted by Crippen LogP contribution is -2.50. The van der Waals surface area contributed by atoms with E-state index in [0.717, 1.165) is 12.8 Å². The molecule has 2 aliphatic rings. The van der Waals surface area contributed by atoms with Crippen LogP contribution in [0.15, 0.2) is 29.2 Å². The van der Waals surface area contributed by atoms with Gasteiger partial charge in [-0.05, 0) is 25.0 Å². The smallest absolute Gasteiger partial charge is 0.259 e. The van der Waals surface area contributed by atoms with Gasteiger partial charge in [0.05, 0.1) is 37.1 Å². The zero-order chi connectivity index (χ0) is 20.4. The molecule has 2 amide bonds. The van der Waals surface area contributed by atoms with E-state index in [1.54, 1.807) is 23.1 Å². The third kappa shape index (κ3) is 3.72. The molecule has 4 rings (SSSR count). The second kappa shape index (κ2) is 8.24. The molecule has 1 N–H and O–H groups in total. The van der Waals surface area contributed by atoms with Crippen molar-refractivity contribution >= 4 is 22.7 Å². The third-order valence-corrected chi connectivity index (χ3v) is 5.71. The molecule has 0 bridgehead atoms. The lowest BCUT2D eigenvalue weighted by molar-refractivity contribution is -0.141. The monoisotopic (exact) mass is 399 g/mol. The first-order valence-corrected chi connectivity index (χ1v) is 9.94. The molecule has 2 fully saturated rings. The number of benzene rings is 1. The van der Waals surface area contributed by atoms with Crippen LogP contribution in [0.4, 0.5) is 0 Å². The van der Waals surface area contributed by atoms with Gasteiger partial charge in [0, 0.05) is 32.4 Å². The van der Waals surface area contributed by atoms with Gasteiger partial charge < -0.3 is 24.3 Å². The molecule has 2 aromatic rings. The van der Waals surface area contributed by atoms with Gasteiger partial charge in [-0.1, -0.05) is 6.07 Å². The quantitative estimate of drug-likeness (QED) is 0.839. The first kappa shape index (κ1) is 19.4. The van der Waals surface area contributed by atoms with Gasteiger partial charge in [0.15, 0.2) is 0 Å². The number of nitrogens with zero attached hydrogens (tertiary/aromatic N) is 2. The molecule has 1 aromatic heterocycles. The van der Waals surface area contributed by atoms with Crippen LogP contribution < -0.4 is 10.2 Å². The van der Waals surface area contributed by atoms with Crippen LogP contribution in [0.1, 0.15) is 23.2 Å². The number of amides is 2. The summed E-state index contributed by atoms with van der Waals surface area (Å²) in [7, 11) is 1.53. The fourth-order valence-electron chi connectivity index (χ4n) is 4.13. The number of aromatic nitrogens is 1. The number of hydrogen-bond acceptors (Lipinski definition) is 5. The number of carbonyl (C=O) groups is 2. The van der Waals surface area contributed by atoms with E-state index >= 15 is 0 Å². The molecular weight excluding hydrogens is 374 g/mol. The minimum atomic E-state index is -0.338. The Morgan fingerprint density at radius 3 is 2.72 bits per heavy atom. The van der Waals surface area contributed by atoms with Gasteiger partial charge in [0.1, 0.15) is 11.3 Å². The highest BCUT2D eigenvalue weighted by atomic mass is 16.5. The number of piperidine rings is 1. The predicted octanol–water partition coefficient (Wildman–Crippen LogP) is 1.25. The topological polar surface area (TPSA) is 91.9 Å². The first-order valence-electron chi connectivity index (χ1n) is 9.94. The summed E-state index contributed by atoms with van der Waals surface area (Å²) in [4.78, 5) is 45.3. The molecular formula is C21H25N3O5. The second-order valence-corrected chi connectivity index (χ2v) is 7.44. The zero-order valence-corrected chi connectivity index (χ0v) is 16.5. The van der Waals surface area contributed by atoms with E-state index in [-0.39, 0.29) is 28.7 Å². The van der Waals surface area contributed by atoms with E-state index in [2.05, 4.69) is 4.98 Å².